The molecule has 0 aromatic carbocycles. The first-order valence-electron chi connectivity index (χ1n) is 3.39. The van der Waals surface area contributed by atoms with E-state index < -0.39 is 0 Å². The highest BCUT2D eigenvalue weighted by Gasteiger charge is 2.27. The molecule has 0 aromatic rings. The number of nitrogens with one attached hydrogen (secondary N) is 2. The SMILES string of the molecule is CNC1CC(=O)NC(=O)N1C. The van der Waals surface area contributed by atoms with Crippen molar-refractivity contribution in [3.05, 3.63) is 0 Å². The highest BCUT2D eigenvalue weighted by atomic mass is 16.2. The van der Waals surface area contributed by atoms with E-state index in [1.54, 1.807) is 14.1 Å². The number of nitrogens with zero attached hydrogens (tertiary/aromatic N) is 1. The number of rotatable bonds is 1. The van der Waals surface area contributed by atoms with Gasteiger partial charge in [-0.2, -0.15) is 0 Å². The molecule has 0 bridgehead atoms. The lowest BCUT2D eigenvalue weighted by molar-refractivity contribution is -0.122. The smallest absolute Gasteiger partial charge is 0.311 e. The molecule has 1 atom stereocenters. The summed E-state index contributed by atoms with van der Waals surface area (Å²) in [6.45, 7) is 0. The molecule has 2 N–H and O–H groups in total. The van der Waals surface area contributed by atoms with Gasteiger partial charge >= 0.3 is 6.03 Å². The predicted molar refractivity (Wildman–Crippen MR) is 38.8 cm³/mol. The fourth-order valence-corrected chi connectivity index (χ4v) is 1.01. The van der Waals surface area contributed by atoms with Crippen molar-refractivity contribution in [2.45, 2.75) is 12.6 Å². The second-order valence-electron chi connectivity index (χ2n) is 2.47. The molecule has 1 saturated heterocycles. The third-order valence-corrected chi connectivity index (χ3v) is 1.75. The lowest BCUT2D eigenvalue weighted by Gasteiger charge is -2.31. The van der Waals surface area contributed by atoms with Gasteiger partial charge in [-0.05, 0) is 7.05 Å². The van der Waals surface area contributed by atoms with Crippen molar-refractivity contribution in [2.24, 2.45) is 0 Å². The van der Waals surface area contributed by atoms with E-state index in [1.165, 1.54) is 4.90 Å². The first kappa shape index (κ1) is 8.00. The summed E-state index contributed by atoms with van der Waals surface area (Å²) in [6.07, 6.45) is 0.148. The van der Waals surface area contributed by atoms with Gasteiger partial charge < -0.3 is 4.90 Å². The van der Waals surface area contributed by atoms with Gasteiger partial charge in [0.25, 0.3) is 0 Å². The Hall–Kier alpha value is -1.10. The molecule has 5 heteroatoms. The zero-order valence-electron chi connectivity index (χ0n) is 6.55. The number of carbonyl (C=O) groups excluding carboxylic acids is 2. The molecule has 1 heterocycles. The normalized spacial score (nSPS) is 25.3. The van der Waals surface area contributed by atoms with Crippen LogP contribution in [-0.2, 0) is 4.79 Å². The monoisotopic (exact) mass is 157 g/mol. The molecule has 1 aliphatic heterocycles. The fourth-order valence-electron chi connectivity index (χ4n) is 1.01. The summed E-state index contributed by atoms with van der Waals surface area (Å²) in [5, 5.41) is 5.06. The minimum absolute atomic E-state index is 0.170. The first-order chi connectivity index (χ1) is 5.15. The van der Waals surface area contributed by atoms with Crippen LogP contribution in [0, 0.1) is 0 Å². The van der Waals surface area contributed by atoms with Crippen molar-refractivity contribution in [3.63, 3.8) is 0 Å². The Kier molecular flexibility index (Phi) is 2.09. The van der Waals surface area contributed by atoms with Crippen LogP contribution in [0.5, 0.6) is 0 Å². The van der Waals surface area contributed by atoms with E-state index in [2.05, 4.69) is 10.6 Å². The molecule has 1 fully saturated rings. The Bertz CT molecular complexity index is 192. The number of amides is 3. The second kappa shape index (κ2) is 2.87. The van der Waals surface area contributed by atoms with Gasteiger partial charge in [0, 0.05) is 7.05 Å². The minimum atomic E-state index is -0.347. The van der Waals surface area contributed by atoms with Crippen molar-refractivity contribution >= 4 is 11.9 Å². The molecule has 0 aromatic heterocycles. The van der Waals surface area contributed by atoms with Crippen LogP contribution in [0.1, 0.15) is 6.42 Å². The number of imide groups is 1. The fraction of sp³-hybridized carbons (Fsp3) is 0.667. The summed E-state index contributed by atoms with van der Waals surface area (Å²) in [4.78, 5) is 23.2. The van der Waals surface area contributed by atoms with Gasteiger partial charge in [0.15, 0.2) is 0 Å². The summed E-state index contributed by atoms with van der Waals surface area (Å²) in [7, 11) is 3.36. The van der Waals surface area contributed by atoms with Gasteiger partial charge in [0.05, 0.1) is 12.6 Å². The molecule has 1 unspecified atom stereocenters. The van der Waals surface area contributed by atoms with E-state index >= 15 is 0 Å². The zero-order chi connectivity index (χ0) is 8.43. The highest BCUT2D eigenvalue weighted by Crippen LogP contribution is 2.03. The zero-order valence-corrected chi connectivity index (χ0v) is 6.55. The van der Waals surface area contributed by atoms with E-state index in [0.717, 1.165) is 0 Å². The Balaban J connectivity index is 2.66. The molecule has 3 amide bonds. The molecule has 0 radical (unpaired) electrons. The van der Waals surface area contributed by atoms with Crippen molar-refractivity contribution in [1.29, 1.82) is 0 Å². The summed E-state index contributed by atoms with van der Waals surface area (Å²) >= 11 is 0. The number of carbonyl (C=O) groups is 2. The van der Waals surface area contributed by atoms with Gasteiger partial charge in [0.2, 0.25) is 5.91 Å². The largest absolute Gasteiger partial charge is 0.325 e. The maximum atomic E-state index is 10.9. The van der Waals surface area contributed by atoms with Gasteiger partial charge in [0.1, 0.15) is 0 Å². The molecule has 62 valence electrons. The van der Waals surface area contributed by atoms with Crippen LogP contribution in [0.3, 0.4) is 0 Å². The van der Waals surface area contributed by atoms with Crippen molar-refractivity contribution in [2.75, 3.05) is 14.1 Å². The predicted octanol–water partition coefficient (Wildman–Crippen LogP) is -0.896. The standard InChI is InChI=1S/C6H11N3O2/c1-7-4-3-5(10)8-6(11)9(4)2/h4,7H,3H2,1-2H3,(H,8,10,11). The minimum Gasteiger partial charge on any atom is -0.311 e. The molecular weight excluding hydrogens is 146 g/mol. The molecule has 5 nitrogen and oxygen atoms in total. The van der Waals surface area contributed by atoms with Crippen molar-refractivity contribution in [1.82, 2.24) is 15.5 Å². The summed E-state index contributed by atoms with van der Waals surface area (Å²) < 4.78 is 0. The first-order valence-corrected chi connectivity index (χ1v) is 3.39. The third kappa shape index (κ3) is 1.48. The van der Waals surface area contributed by atoms with Crippen LogP contribution in [0.25, 0.3) is 0 Å². The van der Waals surface area contributed by atoms with Crippen LogP contribution >= 0.6 is 0 Å². The maximum absolute atomic E-state index is 10.9. The molecule has 0 saturated carbocycles. The Morgan fingerprint density at radius 1 is 1.64 bits per heavy atom. The summed E-state index contributed by atoms with van der Waals surface area (Å²) in [5.41, 5.74) is 0. The second-order valence-corrected chi connectivity index (χ2v) is 2.47. The average Bonchev–Trinajstić information content (AvgIpc) is 1.96. The van der Waals surface area contributed by atoms with Gasteiger partial charge in [-0.25, -0.2) is 4.79 Å². The highest BCUT2D eigenvalue weighted by molar-refractivity contribution is 5.96. The van der Waals surface area contributed by atoms with Gasteiger partial charge in [-0.3, -0.25) is 15.4 Å². The number of hydrogen-bond donors (Lipinski definition) is 2. The molecule has 1 aliphatic rings. The van der Waals surface area contributed by atoms with Crippen LogP contribution in [0.15, 0.2) is 0 Å². The molecule has 0 aliphatic carbocycles. The van der Waals surface area contributed by atoms with Crippen molar-refractivity contribution in [3.8, 4) is 0 Å². The maximum Gasteiger partial charge on any atom is 0.325 e. The number of urea groups is 1. The molecule has 1 rings (SSSR count). The summed E-state index contributed by atoms with van der Waals surface area (Å²) in [5.74, 6) is -0.229. The van der Waals surface area contributed by atoms with E-state index in [0.29, 0.717) is 6.42 Å². The molecular formula is C6H11N3O2. The lowest BCUT2D eigenvalue weighted by Crippen LogP contribution is -2.57. The van der Waals surface area contributed by atoms with Crippen LogP contribution in [-0.4, -0.2) is 37.1 Å². The van der Waals surface area contributed by atoms with E-state index in [1.807, 2.05) is 0 Å². The third-order valence-electron chi connectivity index (χ3n) is 1.75. The molecule has 11 heavy (non-hydrogen) atoms. The van der Waals surface area contributed by atoms with Crippen LogP contribution in [0.4, 0.5) is 4.79 Å². The van der Waals surface area contributed by atoms with E-state index in [-0.39, 0.29) is 18.1 Å². The summed E-state index contributed by atoms with van der Waals surface area (Å²) in [6, 6.07) is -0.347. The Labute approximate surface area is 64.7 Å². The van der Waals surface area contributed by atoms with Crippen molar-refractivity contribution < 1.29 is 9.59 Å². The molecule has 0 spiro atoms. The van der Waals surface area contributed by atoms with Crippen LogP contribution in [0.2, 0.25) is 0 Å². The van der Waals surface area contributed by atoms with Crippen LogP contribution < -0.4 is 10.6 Å². The average molecular weight is 157 g/mol. The topological polar surface area (TPSA) is 61.4 Å². The lowest BCUT2D eigenvalue weighted by atomic mass is 10.2. The van der Waals surface area contributed by atoms with E-state index in [9.17, 15) is 9.59 Å². The Morgan fingerprint density at radius 2 is 2.27 bits per heavy atom. The quantitative estimate of drug-likeness (QED) is 0.518. The Morgan fingerprint density at radius 3 is 2.82 bits per heavy atom. The number of hydrogen-bond acceptors (Lipinski definition) is 3. The van der Waals surface area contributed by atoms with Gasteiger partial charge in [-0.1, -0.05) is 0 Å². The van der Waals surface area contributed by atoms with E-state index in [4.69, 9.17) is 0 Å². The van der Waals surface area contributed by atoms with Gasteiger partial charge in [-0.15, -0.1) is 0 Å².